The molecule has 2 atom stereocenters. The summed E-state index contributed by atoms with van der Waals surface area (Å²) in [7, 11) is 0. The van der Waals surface area contributed by atoms with Gasteiger partial charge in [-0.2, -0.15) is 0 Å². The van der Waals surface area contributed by atoms with E-state index in [0.29, 0.717) is 11.0 Å². The van der Waals surface area contributed by atoms with Crippen LogP contribution >= 0.6 is 11.8 Å². The molecule has 7 heteroatoms. The molecular formula is C26H22N4O2S. The number of carbonyl (C=O) groups excluding carboxylic acids is 2. The molecule has 3 aromatic rings. The summed E-state index contributed by atoms with van der Waals surface area (Å²) in [4.78, 5) is 37.5. The number of amidine groups is 2. The van der Waals surface area contributed by atoms with E-state index in [-0.39, 0.29) is 11.8 Å². The fourth-order valence-electron chi connectivity index (χ4n) is 3.84. The van der Waals surface area contributed by atoms with Gasteiger partial charge in [0.15, 0.2) is 11.2 Å². The van der Waals surface area contributed by atoms with Gasteiger partial charge < -0.3 is 5.32 Å². The highest BCUT2D eigenvalue weighted by atomic mass is 32.2. The molecule has 1 N–H and O–H groups in total. The molecule has 6 nitrogen and oxygen atoms in total. The van der Waals surface area contributed by atoms with E-state index in [9.17, 15) is 9.59 Å². The van der Waals surface area contributed by atoms with E-state index in [1.54, 1.807) is 4.90 Å². The lowest BCUT2D eigenvalue weighted by Crippen LogP contribution is -2.41. The molecule has 0 saturated heterocycles. The molecule has 0 fully saturated rings. The smallest absolute Gasteiger partial charge is 0.263 e. The third kappa shape index (κ3) is 3.96. The van der Waals surface area contributed by atoms with Crippen molar-refractivity contribution in [3.63, 3.8) is 0 Å². The lowest BCUT2D eigenvalue weighted by molar-refractivity contribution is -0.124. The first-order chi connectivity index (χ1) is 16.0. The van der Waals surface area contributed by atoms with E-state index < -0.39 is 11.3 Å². The number of thioether (sulfide) groups is 1. The Labute approximate surface area is 196 Å². The summed E-state index contributed by atoms with van der Waals surface area (Å²) in [5.74, 6) is 0.262. The Bertz CT molecular complexity index is 1300. The van der Waals surface area contributed by atoms with Gasteiger partial charge in [-0.15, -0.1) is 0 Å². The summed E-state index contributed by atoms with van der Waals surface area (Å²) in [5.41, 5.74) is 4.14. The van der Waals surface area contributed by atoms with Crippen LogP contribution in [-0.2, 0) is 9.59 Å². The van der Waals surface area contributed by atoms with E-state index in [1.807, 2.05) is 92.7 Å². The Hall–Kier alpha value is -3.71. The first kappa shape index (κ1) is 21.2. The number of aliphatic imine (C=N–C) groups is 2. The van der Waals surface area contributed by atoms with E-state index in [0.717, 1.165) is 28.1 Å². The van der Waals surface area contributed by atoms with Gasteiger partial charge in [0.05, 0.1) is 10.9 Å². The van der Waals surface area contributed by atoms with Crippen LogP contribution in [0.2, 0.25) is 0 Å². The number of anilines is 1. The summed E-state index contributed by atoms with van der Waals surface area (Å²) in [6.07, 6.45) is 0. The highest BCUT2D eigenvalue weighted by molar-refractivity contribution is 8.15. The van der Waals surface area contributed by atoms with Crippen molar-refractivity contribution in [2.75, 3.05) is 5.32 Å². The van der Waals surface area contributed by atoms with Gasteiger partial charge in [-0.25, -0.2) is 14.9 Å². The number of rotatable bonds is 4. The Balaban J connectivity index is 1.45. The molecule has 33 heavy (non-hydrogen) atoms. The van der Waals surface area contributed by atoms with Crippen molar-refractivity contribution in [1.29, 1.82) is 0 Å². The fraction of sp³-hybridized carbons (Fsp3) is 0.154. The second-order valence-corrected chi connectivity index (χ2v) is 9.22. The van der Waals surface area contributed by atoms with Crippen molar-refractivity contribution >= 4 is 46.0 Å². The number of carbonyl (C=O) groups is 2. The number of nitrogens with zero attached hydrogens (tertiary/aromatic N) is 3. The third-order valence-electron chi connectivity index (χ3n) is 5.64. The van der Waals surface area contributed by atoms with Crippen LogP contribution in [-0.4, -0.2) is 33.0 Å². The summed E-state index contributed by atoms with van der Waals surface area (Å²) >= 11 is 1.26. The monoisotopic (exact) mass is 454 g/mol. The third-order valence-corrected chi connectivity index (χ3v) is 6.69. The number of hydrogen-bond donors (Lipinski definition) is 1. The topological polar surface area (TPSA) is 74.1 Å². The predicted octanol–water partition coefficient (Wildman–Crippen LogP) is 5.09. The molecule has 2 heterocycles. The summed E-state index contributed by atoms with van der Waals surface area (Å²) in [5, 5.41) is 2.96. The minimum Gasteiger partial charge on any atom is -0.325 e. The summed E-state index contributed by atoms with van der Waals surface area (Å²) in [6.45, 7) is 3.76. The van der Waals surface area contributed by atoms with Crippen LogP contribution in [0.1, 0.15) is 29.7 Å². The van der Waals surface area contributed by atoms with Crippen molar-refractivity contribution in [3.8, 4) is 0 Å². The molecule has 0 unspecified atom stereocenters. The zero-order chi connectivity index (χ0) is 22.9. The van der Waals surface area contributed by atoms with Crippen LogP contribution in [0, 0.1) is 6.92 Å². The zero-order valence-corrected chi connectivity index (χ0v) is 19.0. The molecule has 0 spiro atoms. The standard InChI is InChI=1S/C26H22N4O2S/c1-16-10-6-8-14-20(16)27-24(31)17(2)33-26-28-21-15-9-7-13-19(21)23-29-22(25(32)30(23)26)18-11-4-3-5-12-18/h3-15,17,22H,1-2H3,(H,27,31)/t17-,22-/m0/s1. The summed E-state index contributed by atoms with van der Waals surface area (Å²) in [6, 6.07) is 24.2. The molecule has 0 radical (unpaired) electrons. The van der Waals surface area contributed by atoms with Crippen molar-refractivity contribution in [2.45, 2.75) is 25.1 Å². The number of hydrogen-bond acceptors (Lipinski definition) is 5. The minimum absolute atomic E-state index is 0.152. The van der Waals surface area contributed by atoms with E-state index in [4.69, 9.17) is 9.98 Å². The van der Waals surface area contributed by atoms with Gasteiger partial charge in [-0.1, -0.05) is 72.4 Å². The Kier molecular flexibility index (Phi) is 5.56. The number of amides is 2. The number of fused-ring (bicyclic) bond motifs is 3. The van der Waals surface area contributed by atoms with E-state index >= 15 is 0 Å². The van der Waals surface area contributed by atoms with Gasteiger partial charge >= 0.3 is 0 Å². The molecule has 0 bridgehead atoms. The van der Waals surface area contributed by atoms with Gasteiger partial charge in [0.1, 0.15) is 5.84 Å². The lowest BCUT2D eigenvalue weighted by atomic mass is 10.1. The van der Waals surface area contributed by atoms with Gasteiger partial charge in [-0.05, 0) is 43.2 Å². The first-order valence-corrected chi connectivity index (χ1v) is 11.6. The first-order valence-electron chi connectivity index (χ1n) is 10.7. The molecule has 0 aromatic heterocycles. The minimum atomic E-state index is -0.630. The van der Waals surface area contributed by atoms with Crippen LogP contribution in [0.3, 0.4) is 0 Å². The van der Waals surface area contributed by atoms with Gasteiger partial charge in [0, 0.05) is 11.3 Å². The molecular weight excluding hydrogens is 432 g/mol. The molecule has 3 aromatic carbocycles. The maximum Gasteiger partial charge on any atom is 0.263 e. The zero-order valence-electron chi connectivity index (χ0n) is 18.2. The number of aryl methyl sites for hydroxylation is 1. The maximum absolute atomic E-state index is 13.5. The van der Waals surface area contributed by atoms with Crippen LogP contribution in [0.15, 0.2) is 88.8 Å². The SMILES string of the molecule is Cc1ccccc1NC(=O)[C@H](C)SC1=Nc2ccccc2C2=N[C@@H](c3ccccc3)C(=O)N12. The molecule has 2 amide bonds. The second kappa shape index (κ2) is 8.67. The Morgan fingerprint density at radius 3 is 2.48 bits per heavy atom. The van der Waals surface area contributed by atoms with Crippen molar-refractivity contribution in [3.05, 3.63) is 95.6 Å². The predicted molar refractivity (Wildman–Crippen MR) is 133 cm³/mol. The summed E-state index contributed by atoms with van der Waals surface area (Å²) < 4.78 is 0. The highest BCUT2D eigenvalue weighted by Crippen LogP contribution is 2.38. The van der Waals surface area contributed by atoms with Crippen LogP contribution in [0.5, 0.6) is 0 Å². The highest BCUT2D eigenvalue weighted by Gasteiger charge is 2.42. The lowest BCUT2D eigenvalue weighted by Gasteiger charge is -2.27. The molecule has 2 aliphatic rings. The Morgan fingerprint density at radius 2 is 1.70 bits per heavy atom. The van der Waals surface area contributed by atoms with E-state index in [2.05, 4.69) is 5.32 Å². The number of para-hydroxylation sites is 2. The van der Waals surface area contributed by atoms with Crippen molar-refractivity contribution in [2.24, 2.45) is 9.98 Å². The van der Waals surface area contributed by atoms with Crippen molar-refractivity contribution in [1.82, 2.24) is 4.90 Å². The van der Waals surface area contributed by atoms with E-state index in [1.165, 1.54) is 11.8 Å². The number of benzene rings is 3. The normalized spacial score (nSPS) is 17.6. The average molecular weight is 455 g/mol. The van der Waals surface area contributed by atoms with Gasteiger partial charge in [-0.3, -0.25) is 9.59 Å². The van der Waals surface area contributed by atoms with Gasteiger partial charge in [0.25, 0.3) is 5.91 Å². The van der Waals surface area contributed by atoms with Crippen LogP contribution < -0.4 is 5.32 Å². The quantitative estimate of drug-likeness (QED) is 0.597. The molecule has 164 valence electrons. The molecule has 0 saturated carbocycles. The van der Waals surface area contributed by atoms with Crippen molar-refractivity contribution < 1.29 is 9.59 Å². The maximum atomic E-state index is 13.5. The molecule has 2 aliphatic heterocycles. The fourth-order valence-corrected chi connectivity index (χ4v) is 4.76. The number of nitrogens with one attached hydrogen (secondary N) is 1. The second-order valence-electron chi connectivity index (χ2n) is 7.92. The largest absolute Gasteiger partial charge is 0.325 e. The van der Waals surface area contributed by atoms with Crippen LogP contribution in [0.25, 0.3) is 0 Å². The van der Waals surface area contributed by atoms with Gasteiger partial charge in [0.2, 0.25) is 5.91 Å². The average Bonchev–Trinajstić information content (AvgIpc) is 3.19. The molecule has 5 rings (SSSR count). The molecule has 0 aliphatic carbocycles. The van der Waals surface area contributed by atoms with Crippen LogP contribution in [0.4, 0.5) is 11.4 Å². The Morgan fingerprint density at radius 1 is 1.00 bits per heavy atom.